The predicted molar refractivity (Wildman–Crippen MR) is 274 cm³/mol. The van der Waals surface area contributed by atoms with Crippen molar-refractivity contribution in [3.8, 4) is 78.6 Å². The number of phenols is 1. The highest BCUT2D eigenvalue weighted by Crippen LogP contribution is 2.46. The Kier molecular flexibility index (Phi) is 7.04. The van der Waals surface area contributed by atoms with E-state index in [1.54, 1.807) is 35.0 Å². The summed E-state index contributed by atoms with van der Waals surface area (Å²) in [5, 5.41) is 13.1. The first-order valence-corrected chi connectivity index (χ1v) is 21.5. The van der Waals surface area contributed by atoms with E-state index in [0.717, 1.165) is 39.4 Å². The first kappa shape index (κ1) is 26.7. The molecule has 4 nitrogen and oxygen atoms in total. The van der Waals surface area contributed by atoms with Gasteiger partial charge in [0.25, 0.3) is 0 Å². The van der Waals surface area contributed by atoms with Crippen LogP contribution in [0.5, 0.6) is 5.75 Å². The molecule has 0 amide bonds. The van der Waals surface area contributed by atoms with Crippen molar-refractivity contribution in [1.82, 2.24) is 14.5 Å². The lowest BCUT2D eigenvalue weighted by molar-refractivity contribution is 0.446. The Morgan fingerprint density at radius 1 is 0.569 bits per heavy atom. The average molecular weight is 868 g/mol. The summed E-state index contributed by atoms with van der Waals surface area (Å²) in [6.45, 7) is -18.4. The van der Waals surface area contributed by atoms with Crippen LogP contribution in [-0.4, -0.2) is 19.6 Å². The molecule has 2 heterocycles. The fourth-order valence-electron chi connectivity index (χ4n) is 8.53. The van der Waals surface area contributed by atoms with Gasteiger partial charge in [0.1, 0.15) is 11.6 Å². The van der Waals surface area contributed by atoms with Gasteiger partial charge in [-0.25, -0.2) is 4.98 Å². The lowest BCUT2D eigenvalue weighted by Gasteiger charge is -2.27. The Morgan fingerprint density at radius 2 is 1.25 bits per heavy atom. The summed E-state index contributed by atoms with van der Waals surface area (Å²) in [6.07, 6.45) is 2.35. The lowest BCUT2D eigenvalue weighted by atomic mass is 9.79. The Balaban J connectivity index is 1.49. The Morgan fingerprint density at radius 3 is 1.95 bits per heavy atom. The number of phenolic OH excluding ortho intramolecular Hbond substituents is 1. The van der Waals surface area contributed by atoms with Crippen LogP contribution < -0.4 is 0 Å². The maximum absolute atomic E-state index is 13.1. The van der Waals surface area contributed by atoms with E-state index < -0.39 is 80.2 Å². The number of para-hydroxylation sites is 1. The molecule has 4 heteroatoms. The van der Waals surface area contributed by atoms with Crippen molar-refractivity contribution in [1.29, 1.82) is 0 Å². The molecular formula is C61H59N3O. The summed E-state index contributed by atoms with van der Waals surface area (Å²) in [7, 11) is 0. The van der Waals surface area contributed by atoms with Gasteiger partial charge in [-0.1, -0.05) is 170 Å². The van der Waals surface area contributed by atoms with E-state index in [1.165, 1.54) is 0 Å². The SMILES string of the molecule is [2H]C([2H])([2H])C(c1cc(-c2nc3c(-c4cc(-c5ccccc5)cc(-c5cc(-c6ccc(C)cc6)ccn5)c4)cccc3n2-c2ccc(CC(C)C)cc2-c2ccccc2)c(O)c(C(C([2H])([2H])[2H])(C([2H])([2H])[2H])C([2H])([2H])[2H])c1)(C([2H])([2H])[2H])C([2H])([2H])[2H]. The van der Waals surface area contributed by atoms with Gasteiger partial charge in [0, 0.05) is 53.1 Å². The number of hydrogen-bond acceptors (Lipinski definition) is 3. The number of aromatic nitrogens is 3. The number of hydrogen-bond donors (Lipinski definition) is 1. The first-order valence-electron chi connectivity index (χ1n) is 30.5. The fourth-order valence-corrected chi connectivity index (χ4v) is 8.53. The Hall–Kier alpha value is -7.04. The summed E-state index contributed by atoms with van der Waals surface area (Å²) in [5.41, 5.74) is -1.74. The van der Waals surface area contributed by atoms with Gasteiger partial charge in [-0.3, -0.25) is 9.55 Å². The number of pyridine rings is 1. The first-order chi connectivity index (χ1) is 38.6. The fraction of sp³-hybridized carbons (Fsp3) is 0.213. The molecule has 324 valence electrons. The number of aryl methyl sites for hydroxylation is 1. The summed E-state index contributed by atoms with van der Waals surface area (Å²) < 4.78 is 160. The minimum atomic E-state index is -4.14. The molecule has 0 unspecified atom stereocenters. The summed E-state index contributed by atoms with van der Waals surface area (Å²) >= 11 is 0. The highest BCUT2D eigenvalue weighted by molar-refractivity contribution is 5.98. The third-order valence-corrected chi connectivity index (χ3v) is 11.7. The van der Waals surface area contributed by atoms with Gasteiger partial charge in [-0.05, 0) is 129 Å². The second kappa shape index (κ2) is 17.2. The molecule has 9 rings (SSSR count). The minimum Gasteiger partial charge on any atom is -0.507 e. The molecular weight excluding hydrogens is 791 g/mol. The molecule has 0 spiro atoms. The smallest absolute Gasteiger partial charge is 0.149 e. The minimum absolute atomic E-state index is 0.180. The standard InChI is InChI=1S/C61H59N3O/c1-39(2)31-41-25-28-55(51(32-41)44-19-14-11-15-20-44)64-56-22-16-21-50(57(56)63-59(64)52-37-49(60(4,5)6)38-53(58(52)65)61(7,8)9)47-33-46(42-17-12-10-13-18-42)34-48(35-47)54-36-45(29-30-62-54)43-26-23-40(3)24-27-43/h10-30,32-39,65H,31H2,1-9H3/i4D3,5D3,6D3,7D3,8D3,9D3. The number of benzene rings is 7. The van der Waals surface area contributed by atoms with Crippen LogP contribution in [-0.2, 0) is 17.3 Å². The molecule has 7 aromatic carbocycles. The molecule has 0 aliphatic carbocycles. The van der Waals surface area contributed by atoms with Gasteiger partial charge < -0.3 is 5.11 Å². The topological polar surface area (TPSA) is 50.9 Å². The van der Waals surface area contributed by atoms with Crippen molar-refractivity contribution in [3.63, 3.8) is 0 Å². The van der Waals surface area contributed by atoms with Crippen molar-refractivity contribution in [3.05, 3.63) is 192 Å². The largest absolute Gasteiger partial charge is 0.507 e. The molecule has 0 fully saturated rings. The summed E-state index contributed by atoms with van der Waals surface area (Å²) in [6, 6.07) is 48.4. The second-order valence-electron chi connectivity index (χ2n) is 17.1. The van der Waals surface area contributed by atoms with Gasteiger partial charge in [0.05, 0.1) is 28.0 Å². The predicted octanol–water partition coefficient (Wildman–Crippen LogP) is 16.2. The van der Waals surface area contributed by atoms with Crippen molar-refractivity contribution in [2.75, 3.05) is 0 Å². The van der Waals surface area contributed by atoms with Gasteiger partial charge in [0.15, 0.2) is 0 Å². The molecule has 0 saturated heterocycles. The monoisotopic (exact) mass is 868 g/mol. The zero-order valence-electron chi connectivity index (χ0n) is 54.2. The van der Waals surface area contributed by atoms with Crippen molar-refractivity contribution >= 4 is 11.0 Å². The van der Waals surface area contributed by atoms with Crippen LogP contribution in [0.2, 0.25) is 0 Å². The van der Waals surface area contributed by atoms with Gasteiger partial charge in [0.2, 0.25) is 0 Å². The normalized spacial score (nSPS) is 17.3. The molecule has 2 aromatic heterocycles. The molecule has 0 aliphatic heterocycles. The number of rotatable bonds is 9. The van der Waals surface area contributed by atoms with Gasteiger partial charge in [-0.2, -0.15) is 0 Å². The molecule has 1 N–H and O–H groups in total. The highest BCUT2D eigenvalue weighted by Gasteiger charge is 2.29. The number of imidazole rings is 1. The van der Waals surface area contributed by atoms with E-state index in [0.29, 0.717) is 51.7 Å². The van der Waals surface area contributed by atoms with Gasteiger partial charge in [-0.15, -0.1) is 0 Å². The Bertz CT molecular complexity index is 3780. The zero-order chi connectivity index (χ0) is 60.6. The van der Waals surface area contributed by atoms with E-state index in [9.17, 15) is 5.11 Å². The third kappa shape index (κ3) is 8.78. The molecule has 0 saturated carbocycles. The summed E-state index contributed by atoms with van der Waals surface area (Å²) in [5.74, 6) is -1.56. The molecule has 0 atom stereocenters. The van der Waals surface area contributed by atoms with Crippen LogP contribution >= 0.6 is 0 Å². The van der Waals surface area contributed by atoms with E-state index in [4.69, 9.17) is 34.6 Å². The maximum atomic E-state index is 13.1. The second-order valence-corrected chi connectivity index (χ2v) is 17.1. The average Bonchev–Trinajstić information content (AvgIpc) is 1.25. The third-order valence-electron chi connectivity index (χ3n) is 11.7. The van der Waals surface area contributed by atoms with Crippen LogP contribution in [0.3, 0.4) is 0 Å². The van der Waals surface area contributed by atoms with Crippen LogP contribution in [0.25, 0.3) is 83.9 Å². The zero-order valence-corrected chi connectivity index (χ0v) is 36.2. The quantitative estimate of drug-likeness (QED) is 0.157. The number of fused-ring (bicyclic) bond motifs is 1. The van der Waals surface area contributed by atoms with Crippen LogP contribution in [0.4, 0.5) is 0 Å². The van der Waals surface area contributed by atoms with E-state index >= 15 is 0 Å². The molecule has 65 heavy (non-hydrogen) atoms. The number of aromatic hydroxyl groups is 1. The Labute approximate surface area is 410 Å². The molecule has 0 radical (unpaired) electrons. The molecule has 9 aromatic rings. The van der Waals surface area contributed by atoms with E-state index in [-0.39, 0.29) is 17.0 Å². The maximum Gasteiger partial charge on any atom is 0.149 e. The van der Waals surface area contributed by atoms with Crippen LogP contribution in [0, 0.1) is 12.8 Å². The summed E-state index contributed by atoms with van der Waals surface area (Å²) in [4.78, 5) is 10.1. The van der Waals surface area contributed by atoms with E-state index in [2.05, 4.69) is 13.8 Å². The van der Waals surface area contributed by atoms with E-state index in [1.807, 2.05) is 134 Å². The van der Waals surface area contributed by atoms with Gasteiger partial charge >= 0.3 is 0 Å². The lowest BCUT2D eigenvalue weighted by Crippen LogP contribution is -2.17. The highest BCUT2D eigenvalue weighted by atomic mass is 16.3. The van der Waals surface area contributed by atoms with Crippen molar-refractivity contribution in [2.45, 2.75) is 79.1 Å². The molecule has 0 bridgehead atoms. The van der Waals surface area contributed by atoms with Crippen molar-refractivity contribution in [2.24, 2.45) is 5.92 Å². The van der Waals surface area contributed by atoms with Crippen LogP contribution in [0.1, 0.15) is 102 Å². The van der Waals surface area contributed by atoms with Crippen LogP contribution in [0.15, 0.2) is 170 Å². The molecule has 0 aliphatic rings. The van der Waals surface area contributed by atoms with Crippen molar-refractivity contribution < 1.29 is 29.8 Å². The number of nitrogens with zero attached hydrogens (tertiary/aromatic N) is 3.